The quantitative estimate of drug-likeness (QED) is 0.713. The van der Waals surface area contributed by atoms with E-state index in [0.717, 1.165) is 0 Å². The van der Waals surface area contributed by atoms with E-state index in [-0.39, 0.29) is 5.91 Å². The number of carboxylic acid groups (broad SMARTS) is 1. The van der Waals surface area contributed by atoms with Crippen molar-refractivity contribution in [1.29, 1.82) is 0 Å². The first-order valence-corrected chi connectivity index (χ1v) is 5.51. The van der Waals surface area contributed by atoms with Crippen LogP contribution in [-0.2, 0) is 9.59 Å². The Kier molecular flexibility index (Phi) is 3.94. The Morgan fingerprint density at radius 3 is 2.31 bits per heavy atom. The lowest BCUT2D eigenvalue weighted by molar-refractivity contribution is -0.153. The highest BCUT2D eigenvalue weighted by molar-refractivity contribution is 5.93. The topological polar surface area (TPSA) is 57.6 Å². The molecule has 1 rings (SSSR count). The fourth-order valence-electron chi connectivity index (χ4n) is 2.04. The van der Waals surface area contributed by atoms with Crippen molar-refractivity contribution < 1.29 is 14.7 Å². The summed E-state index contributed by atoms with van der Waals surface area (Å²) in [6.07, 6.45) is 1.66. The van der Waals surface area contributed by atoms with Crippen LogP contribution in [0, 0.1) is 17.3 Å². The Labute approximate surface area is 95.6 Å². The molecule has 1 fully saturated rings. The Hall–Kier alpha value is -1.50. The Bertz CT molecular complexity index is 343. The van der Waals surface area contributed by atoms with E-state index in [0.29, 0.717) is 32.4 Å². The number of nitrogens with zero attached hydrogens (tertiary/aromatic N) is 1. The number of hydrogen-bond acceptors (Lipinski definition) is 2. The van der Waals surface area contributed by atoms with Crippen LogP contribution >= 0.6 is 0 Å². The molecule has 1 amide bonds. The second-order valence-electron chi connectivity index (χ2n) is 4.11. The van der Waals surface area contributed by atoms with Gasteiger partial charge in [0.15, 0.2) is 0 Å². The van der Waals surface area contributed by atoms with Crippen LogP contribution in [-0.4, -0.2) is 35.0 Å². The summed E-state index contributed by atoms with van der Waals surface area (Å²) in [5.41, 5.74) is -0.642. The van der Waals surface area contributed by atoms with E-state index in [9.17, 15) is 14.7 Å². The minimum absolute atomic E-state index is 0.197. The maximum absolute atomic E-state index is 11.5. The third-order valence-corrected chi connectivity index (χ3v) is 3.37. The number of rotatable bonds is 2. The van der Waals surface area contributed by atoms with Gasteiger partial charge in [-0.1, -0.05) is 12.8 Å². The molecular weight excluding hydrogens is 206 g/mol. The summed E-state index contributed by atoms with van der Waals surface area (Å²) >= 11 is 0. The molecule has 0 saturated carbocycles. The number of amides is 1. The minimum Gasteiger partial charge on any atom is -0.481 e. The largest absolute Gasteiger partial charge is 0.481 e. The van der Waals surface area contributed by atoms with Crippen LogP contribution in [0.1, 0.15) is 33.1 Å². The van der Waals surface area contributed by atoms with Crippen LogP contribution in [0.15, 0.2) is 0 Å². The van der Waals surface area contributed by atoms with Crippen molar-refractivity contribution in [2.45, 2.75) is 33.1 Å². The molecule has 16 heavy (non-hydrogen) atoms. The lowest BCUT2D eigenvalue weighted by atomic mass is 9.76. The second-order valence-corrected chi connectivity index (χ2v) is 4.11. The zero-order valence-electron chi connectivity index (χ0n) is 9.75. The van der Waals surface area contributed by atoms with Crippen molar-refractivity contribution >= 4 is 11.9 Å². The summed E-state index contributed by atoms with van der Waals surface area (Å²) < 4.78 is 0. The van der Waals surface area contributed by atoms with Gasteiger partial charge in [0.05, 0.1) is 5.41 Å². The van der Waals surface area contributed by atoms with Crippen molar-refractivity contribution in [3.05, 3.63) is 0 Å². The summed E-state index contributed by atoms with van der Waals surface area (Å²) in [7, 11) is 0. The smallest absolute Gasteiger partial charge is 0.309 e. The van der Waals surface area contributed by atoms with Gasteiger partial charge in [0, 0.05) is 13.1 Å². The first kappa shape index (κ1) is 12.6. The molecule has 0 aromatic rings. The van der Waals surface area contributed by atoms with E-state index in [1.54, 1.807) is 11.8 Å². The summed E-state index contributed by atoms with van der Waals surface area (Å²) in [5, 5.41) is 9.19. The molecule has 0 aromatic heterocycles. The maximum atomic E-state index is 11.5. The van der Waals surface area contributed by atoms with E-state index < -0.39 is 11.4 Å². The first-order chi connectivity index (χ1) is 7.55. The highest BCUT2D eigenvalue weighted by atomic mass is 16.4. The Balaban J connectivity index is 2.65. The van der Waals surface area contributed by atoms with Crippen LogP contribution in [0.3, 0.4) is 0 Å². The molecule has 0 atom stereocenters. The maximum Gasteiger partial charge on any atom is 0.309 e. The molecule has 0 aromatic carbocycles. The van der Waals surface area contributed by atoms with Gasteiger partial charge in [-0.3, -0.25) is 9.59 Å². The molecule has 1 aliphatic heterocycles. The molecule has 4 nitrogen and oxygen atoms in total. The molecule has 1 aliphatic rings. The van der Waals surface area contributed by atoms with Crippen molar-refractivity contribution in [2.24, 2.45) is 5.41 Å². The van der Waals surface area contributed by atoms with Crippen molar-refractivity contribution in [1.82, 2.24) is 4.90 Å². The van der Waals surface area contributed by atoms with E-state index >= 15 is 0 Å². The zero-order valence-corrected chi connectivity index (χ0v) is 9.75. The van der Waals surface area contributed by atoms with Gasteiger partial charge in [0.1, 0.15) is 0 Å². The molecule has 1 saturated heterocycles. The molecule has 4 heteroatoms. The highest BCUT2D eigenvalue weighted by Gasteiger charge is 2.40. The number of carbonyl (C=O) groups is 2. The summed E-state index contributed by atoms with van der Waals surface area (Å²) in [6.45, 7) is 4.49. The van der Waals surface area contributed by atoms with Gasteiger partial charge in [0.2, 0.25) is 0 Å². The predicted molar refractivity (Wildman–Crippen MR) is 59.6 cm³/mol. The van der Waals surface area contributed by atoms with Gasteiger partial charge < -0.3 is 10.0 Å². The Morgan fingerprint density at radius 1 is 1.38 bits per heavy atom. The van der Waals surface area contributed by atoms with Gasteiger partial charge >= 0.3 is 5.97 Å². The monoisotopic (exact) mass is 223 g/mol. The summed E-state index contributed by atoms with van der Waals surface area (Å²) in [6, 6.07) is 0. The highest BCUT2D eigenvalue weighted by Crippen LogP contribution is 2.34. The molecular formula is C12H17NO3. The lowest BCUT2D eigenvalue weighted by Gasteiger charge is -2.37. The van der Waals surface area contributed by atoms with Gasteiger partial charge in [-0.15, -0.1) is 0 Å². The molecule has 0 spiro atoms. The van der Waals surface area contributed by atoms with Crippen LogP contribution in [0.2, 0.25) is 0 Å². The zero-order chi connectivity index (χ0) is 12.2. The molecule has 0 unspecified atom stereocenters. The molecule has 0 radical (unpaired) electrons. The van der Waals surface area contributed by atoms with Crippen LogP contribution in [0.25, 0.3) is 0 Å². The minimum atomic E-state index is -0.747. The molecule has 0 aliphatic carbocycles. The number of likely N-dealkylation sites (tertiary alicyclic amines) is 1. The van der Waals surface area contributed by atoms with Crippen molar-refractivity contribution in [2.75, 3.05) is 13.1 Å². The second kappa shape index (κ2) is 5.02. The number of carbonyl (C=O) groups excluding carboxylic acids is 1. The predicted octanol–water partition coefficient (Wildman–Crippen LogP) is 1.11. The summed E-state index contributed by atoms with van der Waals surface area (Å²) in [4.78, 5) is 24.3. The van der Waals surface area contributed by atoms with E-state index in [2.05, 4.69) is 11.8 Å². The van der Waals surface area contributed by atoms with Crippen molar-refractivity contribution in [3.8, 4) is 11.8 Å². The van der Waals surface area contributed by atoms with E-state index in [1.165, 1.54) is 0 Å². The average molecular weight is 223 g/mol. The molecule has 1 N–H and O–H groups in total. The third kappa shape index (κ3) is 2.35. The number of hydrogen-bond donors (Lipinski definition) is 1. The third-order valence-electron chi connectivity index (χ3n) is 3.37. The fraction of sp³-hybridized carbons (Fsp3) is 0.667. The van der Waals surface area contributed by atoms with Crippen LogP contribution in [0.4, 0.5) is 0 Å². The van der Waals surface area contributed by atoms with E-state index in [4.69, 9.17) is 0 Å². The van der Waals surface area contributed by atoms with Gasteiger partial charge in [-0.25, -0.2) is 0 Å². The normalized spacial score (nSPS) is 18.5. The van der Waals surface area contributed by atoms with Gasteiger partial charge in [0.25, 0.3) is 5.91 Å². The average Bonchev–Trinajstić information content (AvgIpc) is 2.29. The number of carboxylic acids is 1. The standard InChI is InChI=1S/C12H17NO3/c1-3-5-10(14)13-8-6-12(4-2,7-9-13)11(15)16/h4,6-9H2,1-2H3,(H,15,16). The Morgan fingerprint density at radius 2 is 1.94 bits per heavy atom. The van der Waals surface area contributed by atoms with Gasteiger partial charge in [-0.05, 0) is 32.1 Å². The van der Waals surface area contributed by atoms with Crippen LogP contribution in [0.5, 0.6) is 0 Å². The van der Waals surface area contributed by atoms with Crippen molar-refractivity contribution in [3.63, 3.8) is 0 Å². The number of aliphatic carboxylic acids is 1. The lowest BCUT2D eigenvalue weighted by Crippen LogP contribution is -2.46. The number of piperidine rings is 1. The molecule has 88 valence electrons. The fourth-order valence-corrected chi connectivity index (χ4v) is 2.04. The van der Waals surface area contributed by atoms with E-state index in [1.807, 2.05) is 6.92 Å². The SMILES string of the molecule is CC#CC(=O)N1CCC(CC)(C(=O)O)CC1. The van der Waals surface area contributed by atoms with Crippen LogP contribution < -0.4 is 0 Å². The first-order valence-electron chi connectivity index (χ1n) is 5.51. The molecule has 1 heterocycles. The summed E-state index contributed by atoms with van der Waals surface area (Å²) in [5.74, 6) is 4.10. The van der Waals surface area contributed by atoms with Gasteiger partial charge in [-0.2, -0.15) is 0 Å². The molecule has 0 bridgehead atoms.